The van der Waals surface area contributed by atoms with Crippen LogP contribution in [-0.2, 0) is 11.2 Å². The average Bonchev–Trinajstić information content (AvgIpc) is 2.97. The van der Waals surface area contributed by atoms with E-state index in [-0.39, 0.29) is 17.9 Å². The molecule has 3 nitrogen and oxygen atoms in total. The summed E-state index contributed by atoms with van der Waals surface area (Å²) in [7, 11) is 0. The lowest BCUT2D eigenvalue weighted by molar-refractivity contribution is -0.126. The normalized spacial score (nSPS) is 31.1. The number of hydrogen-bond acceptors (Lipinski definition) is 3. The molecule has 18 heavy (non-hydrogen) atoms. The Balaban J connectivity index is 1.69. The highest BCUT2D eigenvalue weighted by Gasteiger charge is 2.32. The Labute approximate surface area is 112 Å². The summed E-state index contributed by atoms with van der Waals surface area (Å²) >= 11 is 1.83. The molecule has 2 heterocycles. The molecule has 2 aliphatic rings. The second kappa shape index (κ2) is 5.02. The highest BCUT2D eigenvalue weighted by atomic mass is 32.1. The first-order chi connectivity index (χ1) is 8.75. The first kappa shape index (κ1) is 12.2. The highest BCUT2D eigenvalue weighted by molar-refractivity contribution is 7.10. The van der Waals surface area contributed by atoms with E-state index in [1.54, 1.807) is 0 Å². The predicted octanol–water partition coefficient (Wildman–Crippen LogP) is 2.10. The summed E-state index contributed by atoms with van der Waals surface area (Å²) in [6.45, 7) is 3.95. The maximum absolute atomic E-state index is 12.3. The minimum Gasteiger partial charge on any atom is -0.349 e. The van der Waals surface area contributed by atoms with Gasteiger partial charge in [0.25, 0.3) is 0 Å². The third-order valence-corrected chi connectivity index (χ3v) is 5.22. The van der Waals surface area contributed by atoms with Crippen molar-refractivity contribution in [1.82, 2.24) is 10.6 Å². The van der Waals surface area contributed by atoms with Crippen LogP contribution in [0.3, 0.4) is 0 Å². The van der Waals surface area contributed by atoms with Crippen molar-refractivity contribution in [3.63, 3.8) is 0 Å². The second-order valence-corrected chi connectivity index (χ2v) is 6.50. The average molecular weight is 264 g/mol. The fourth-order valence-electron chi connectivity index (χ4n) is 3.08. The molecule has 1 aliphatic carbocycles. The van der Waals surface area contributed by atoms with E-state index < -0.39 is 0 Å². The molecule has 0 spiro atoms. The third-order valence-electron chi connectivity index (χ3n) is 4.22. The molecule has 0 saturated carbocycles. The van der Waals surface area contributed by atoms with Crippen molar-refractivity contribution in [1.29, 1.82) is 0 Å². The molecule has 1 aliphatic heterocycles. The van der Waals surface area contributed by atoms with E-state index in [1.807, 2.05) is 11.3 Å². The summed E-state index contributed by atoms with van der Waals surface area (Å²) in [6, 6.07) is 2.43. The number of hydrogen-bond donors (Lipinski definition) is 2. The first-order valence-electron chi connectivity index (χ1n) is 6.83. The van der Waals surface area contributed by atoms with Gasteiger partial charge in [-0.25, -0.2) is 0 Å². The number of amides is 1. The number of carbonyl (C=O) groups is 1. The quantitative estimate of drug-likeness (QED) is 0.859. The Hall–Kier alpha value is -0.870. The van der Waals surface area contributed by atoms with Crippen molar-refractivity contribution in [2.45, 2.75) is 32.2 Å². The molecular formula is C14H20N2OS. The lowest BCUT2D eigenvalue weighted by Crippen LogP contribution is -2.37. The molecule has 1 fully saturated rings. The molecule has 1 amide bonds. The standard InChI is InChI=1S/C14H20N2OS/c1-9-7-15-8-11(9)14(17)16-12-3-2-4-13-10(12)5-6-18-13/h5-6,9,11-12,15H,2-4,7-8H2,1H3,(H,16,17)/t9-,11-,12?/m1/s1. The molecule has 1 unspecified atom stereocenters. The fourth-order valence-corrected chi connectivity index (χ4v) is 4.06. The number of rotatable bonds is 2. The molecule has 1 saturated heterocycles. The van der Waals surface area contributed by atoms with Crippen LogP contribution in [0, 0.1) is 11.8 Å². The summed E-state index contributed by atoms with van der Waals surface area (Å²) in [5.74, 6) is 0.834. The van der Waals surface area contributed by atoms with Gasteiger partial charge < -0.3 is 10.6 Å². The molecule has 0 radical (unpaired) electrons. The van der Waals surface area contributed by atoms with Crippen LogP contribution in [0.15, 0.2) is 11.4 Å². The summed E-state index contributed by atoms with van der Waals surface area (Å²) in [6.07, 6.45) is 3.46. The number of fused-ring (bicyclic) bond motifs is 1. The van der Waals surface area contributed by atoms with Crippen molar-refractivity contribution in [2.75, 3.05) is 13.1 Å². The summed E-state index contributed by atoms with van der Waals surface area (Å²) in [5, 5.41) is 8.70. The van der Waals surface area contributed by atoms with Crippen LogP contribution < -0.4 is 10.6 Å². The van der Waals surface area contributed by atoms with Gasteiger partial charge in [-0.3, -0.25) is 4.79 Å². The van der Waals surface area contributed by atoms with E-state index in [0.29, 0.717) is 5.92 Å². The van der Waals surface area contributed by atoms with Crippen LogP contribution in [0.1, 0.15) is 36.2 Å². The Kier molecular flexibility index (Phi) is 3.39. The largest absolute Gasteiger partial charge is 0.349 e. The van der Waals surface area contributed by atoms with Crippen LogP contribution in [-0.4, -0.2) is 19.0 Å². The molecular weight excluding hydrogens is 244 g/mol. The highest BCUT2D eigenvalue weighted by Crippen LogP contribution is 2.33. The van der Waals surface area contributed by atoms with Crippen LogP contribution in [0.4, 0.5) is 0 Å². The predicted molar refractivity (Wildman–Crippen MR) is 73.7 cm³/mol. The number of nitrogens with one attached hydrogen (secondary N) is 2. The Morgan fingerprint density at radius 2 is 2.39 bits per heavy atom. The summed E-state index contributed by atoms with van der Waals surface area (Å²) < 4.78 is 0. The molecule has 98 valence electrons. The van der Waals surface area contributed by atoms with Crippen LogP contribution >= 0.6 is 11.3 Å². The number of thiophene rings is 1. The zero-order valence-electron chi connectivity index (χ0n) is 10.7. The van der Waals surface area contributed by atoms with Gasteiger partial charge in [-0.2, -0.15) is 0 Å². The van der Waals surface area contributed by atoms with Crippen LogP contribution in [0.25, 0.3) is 0 Å². The third kappa shape index (κ3) is 2.19. The summed E-state index contributed by atoms with van der Waals surface area (Å²) in [4.78, 5) is 13.8. The Morgan fingerprint density at radius 3 is 3.17 bits per heavy atom. The van der Waals surface area contributed by atoms with E-state index in [0.717, 1.165) is 19.5 Å². The second-order valence-electron chi connectivity index (χ2n) is 5.49. The lowest BCUT2D eigenvalue weighted by Gasteiger charge is -2.25. The Morgan fingerprint density at radius 1 is 1.50 bits per heavy atom. The van der Waals surface area contributed by atoms with Crippen LogP contribution in [0.5, 0.6) is 0 Å². The van der Waals surface area contributed by atoms with E-state index >= 15 is 0 Å². The maximum Gasteiger partial charge on any atom is 0.225 e. The van der Waals surface area contributed by atoms with Gasteiger partial charge in [0.15, 0.2) is 0 Å². The van der Waals surface area contributed by atoms with E-state index in [1.165, 1.54) is 23.3 Å². The molecule has 4 heteroatoms. The van der Waals surface area contributed by atoms with E-state index in [2.05, 4.69) is 29.0 Å². The van der Waals surface area contributed by atoms with Crippen molar-refractivity contribution < 1.29 is 4.79 Å². The monoisotopic (exact) mass is 264 g/mol. The first-order valence-corrected chi connectivity index (χ1v) is 7.71. The van der Waals surface area contributed by atoms with E-state index in [4.69, 9.17) is 0 Å². The van der Waals surface area contributed by atoms with E-state index in [9.17, 15) is 4.79 Å². The van der Waals surface area contributed by atoms with Crippen LogP contribution in [0.2, 0.25) is 0 Å². The molecule has 0 bridgehead atoms. The van der Waals surface area contributed by atoms with Gasteiger partial charge in [0.05, 0.1) is 12.0 Å². The minimum absolute atomic E-state index is 0.147. The molecule has 1 aromatic rings. The van der Waals surface area contributed by atoms with Gasteiger partial charge in [0, 0.05) is 11.4 Å². The zero-order valence-corrected chi connectivity index (χ0v) is 11.6. The summed E-state index contributed by atoms with van der Waals surface area (Å²) in [5.41, 5.74) is 1.36. The smallest absolute Gasteiger partial charge is 0.225 e. The molecule has 1 aromatic heterocycles. The SMILES string of the molecule is C[C@@H]1CNC[C@H]1C(=O)NC1CCCc2sccc21. The molecule has 2 N–H and O–H groups in total. The maximum atomic E-state index is 12.3. The van der Waals surface area contributed by atoms with Crippen molar-refractivity contribution in [2.24, 2.45) is 11.8 Å². The number of carbonyl (C=O) groups excluding carboxylic acids is 1. The van der Waals surface area contributed by atoms with Gasteiger partial charge in [-0.15, -0.1) is 11.3 Å². The van der Waals surface area contributed by atoms with Crippen molar-refractivity contribution in [3.8, 4) is 0 Å². The lowest BCUT2D eigenvalue weighted by atomic mass is 9.92. The van der Waals surface area contributed by atoms with Gasteiger partial charge in [0.1, 0.15) is 0 Å². The van der Waals surface area contributed by atoms with Gasteiger partial charge in [-0.05, 0) is 48.7 Å². The van der Waals surface area contributed by atoms with Gasteiger partial charge in [0.2, 0.25) is 5.91 Å². The molecule has 0 aromatic carbocycles. The van der Waals surface area contributed by atoms with Crippen molar-refractivity contribution >= 4 is 17.2 Å². The van der Waals surface area contributed by atoms with Gasteiger partial charge in [-0.1, -0.05) is 6.92 Å². The number of aryl methyl sites for hydroxylation is 1. The fraction of sp³-hybridized carbons (Fsp3) is 0.643. The topological polar surface area (TPSA) is 41.1 Å². The molecule has 3 rings (SSSR count). The van der Waals surface area contributed by atoms with Gasteiger partial charge >= 0.3 is 0 Å². The Bertz CT molecular complexity index is 443. The minimum atomic E-state index is 0.147. The zero-order chi connectivity index (χ0) is 12.5. The van der Waals surface area contributed by atoms with Crippen molar-refractivity contribution in [3.05, 3.63) is 21.9 Å². The molecule has 3 atom stereocenters.